The molecule has 5 nitrogen and oxygen atoms in total. The van der Waals surface area contributed by atoms with Gasteiger partial charge in [0.25, 0.3) is 0 Å². The molecule has 2 aromatic rings. The summed E-state index contributed by atoms with van der Waals surface area (Å²) in [4.78, 5) is 14.0. The summed E-state index contributed by atoms with van der Waals surface area (Å²) in [5.74, 6) is 0.402. The van der Waals surface area contributed by atoms with E-state index in [1.807, 2.05) is 18.7 Å². The van der Waals surface area contributed by atoms with Crippen LogP contribution >= 0.6 is 23.2 Å². The van der Waals surface area contributed by atoms with Gasteiger partial charge in [0.1, 0.15) is 0 Å². The van der Waals surface area contributed by atoms with Gasteiger partial charge >= 0.3 is 0 Å². The predicted octanol–water partition coefficient (Wildman–Crippen LogP) is 3.46. The lowest BCUT2D eigenvalue weighted by Gasteiger charge is -2.16. The van der Waals surface area contributed by atoms with Gasteiger partial charge in [0.15, 0.2) is 5.82 Å². The highest BCUT2D eigenvalue weighted by Crippen LogP contribution is 2.24. The Labute approximate surface area is 139 Å². The normalized spacial score (nSPS) is 11.0. The number of carbonyl (C=O) groups is 1. The summed E-state index contributed by atoms with van der Waals surface area (Å²) in [6, 6.07) is 6.89. The Morgan fingerprint density at radius 2 is 2.00 bits per heavy atom. The molecule has 1 aromatic carbocycles. The van der Waals surface area contributed by atoms with Crippen molar-refractivity contribution in [2.24, 2.45) is 0 Å². The fraction of sp³-hybridized carbons (Fsp3) is 0.333. The minimum atomic E-state index is -0.0869. The van der Waals surface area contributed by atoms with Crippen LogP contribution in [-0.2, 0) is 4.79 Å². The zero-order valence-electron chi connectivity index (χ0n) is 12.5. The number of nitrogens with zero attached hydrogens (tertiary/aromatic N) is 3. The van der Waals surface area contributed by atoms with Crippen molar-refractivity contribution in [3.63, 3.8) is 0 Å². The summed E-state index contributed by atoms with van der Waals surface area (Å²) in [6.07, 6.45) is 1.74. The number of halogens is 2. The van der Waals surface area contributed by atoms with E-state index in [1.165, 1.54) is 0 Å². The molecule has 0 unspecified atom stereocenters. The maximum absolute atomic E-state index is 12.0. The molecule has 0 atom stereocenters. The lowest BCUT2D eigenvalue weighted by Crippen LogP contribution is -2.33. The van der Waals surface area contributed by atoms with E-state index in [2.05, 4.69) is 10.4 Å². The van der Waals surface area contributed by atoms with Gasteiger partial charge < -0.3 is 5.32 Å². The highest BCUT2D eigenvalue weighted by molar-refractivity contribution is 6.35. The molecule has 0 radical (unpaired) electrons. The van der Waals surface area contributed by atoms with E-state index in [0.29, 0.717) is 28.1 Å². The summed E-state index contributed by atoms with van der Waals surface area (Å²) >= 11 is 12.0. The standard InChI is InChI=1S/C15H18Cl2N4O/c1-3-20(4-2)10-15(22)18-14-7-8-21(19-14)13-6-5-11(16)9-12(13)17/h5-9H,3-4,10H2,1-2H3,(H,18,19,22). The Balaban J connectivity index is 2.07. The number of anilines is 1. The Morgan fingerprint density at radius 1 is 1.27 bits per heavy atom. The lowest BCUT2D eigenvalue weighted by molar-refractivity contribution is -0.117. The number of benzene rings is 1. The van der Waals surface area contributed by atoms with Crippen molar-refractivity contribution in [2.75, 3.05) is 25.0 Å². The molecule has 0 aliphatic heterocycles. The number of carbonyl (C=O) groups excluding carboxylic acids is 1. The van der Waals surface area contributed by atoms with Crippen molar-refractivity contribution in [1.82, 2.24) is 14.7 Å². The van der Waals surface area contributed by atoms with Crippen LogP contribution in [0.15, 0.2) is 30.5 Å². The zero-order valence-corrected chi connectivity index (χ0v) is 14.0. The molecule has 1 N–H and O–H groups in total. The monoisotopic (exact) mass is 340 g/mol. The van der Waals surface area contributed by atoms with E-state index in [1.54, 1.807) is 35.1 Å². The number of rotatable bonds is 6. The minimum Gasteiger partial charge on any atom is -0.308 e. The van der Waals surface area contributed by atoms with Crippen LogP contribution < -0.4 is 5.32 Å². The summed E-state index contributed by atoms with van der Waals surface area (Å²) in [6.45, 7) is 6.06. The minimum absolute atomic E-state index is 0.0869. The van der Waals surface area contributed by atoms with Gasteiger partial charge in [0.05, 0.1) is 17.3 Å². The maximum atomic E-state index is 12.0. The fourth-order valence-electron chi connectivity index (χ4n) is 2.02. The molecule has 0 saturated heterocycles. The van der Waals surface area contributed by atoms with Crippen molar-refractivity contribution in [3.05, 3.63) is 40.5 Å². The quantitative estimate of drug-likeness (QED) is 0.875. The molecule has 118 valence electrons. The van der Waals surface area contributed by atoms with E-state index in [0.717, 1.165) is 13.1 Å². The van der Waals surface area contributed by atoms with Gasteiger partial charge in [-0.2, -0.15) is 5.10 Å². The molecule has 22 heavy (non-hydrogen) atoms. The number of hydrogen-bond donors (Lipinski definition) is 1. The van der Waals surface area contributed by atoms with Gasteiger partial charge in [0, 0.05) is 17.3 Å². The van der Waals surface area contributed by atoms with E-state index in [4.69, 9.17) is 23.2 Å². The summed E-state index contributed by atoms with van der Waals surface area (Å²) in [5, 5.41) is 8.15. The third kappa shape index (κ3) is 4.22. The molecule has 0 bridgehead atoms. The Hall–Kier alpha value is -1.56. The van der Waals surface area contributed by atoms with Crippen LogP contribution in [0, 0.1) is 0 Å². The smallest absolute Gasteiger partial charge is 0.239 e. The molecular formula is C15H18Cl2N4O. The highest BCUT2D eigenvalue weighted by Gasteiger charge is 2.10. The largest absolute Gasteiger partial charge is 0.308 e. The number of likely N-dealkylation sites (N-methyl/N-ethyl adjacent to an activating group) is 1. The third-order valence-corrected chi connectivity index (χ3v) is 3.81. The van der Waals surface area contributed by atoms with Crippen LogP contribution in [0.2, 0.25) is 10.0 Å². The van der Waals surface area contributed by atoms with Crippen LogP contribution in [0.4, 0.5) is 5.82 Å². The summed E-state index contributed by atoms with van der Waals surface area (Å²) in [5.41, 5.74) is 0.704. The molecule has 1 amide bonds. The van der Waals surface area contributed by atoms with Crippen molar-refractivity contribution < 1.29 is 4.79 Å². The highest BCUT2D eigenvalue weighted by atomic mass is 35.5. The number of nitrogens with one attached hydrogen (secondary N) is 1. The molecule has 0 spiro atoms. The molecule has 0 saturated carbocycles. The van der Waals surface area contributed by atoms with Gasteiger partial charge in [0.2, 0.25) is 5.91 Å². The average molecular weight is 341 g/mol. The van der Waals surface area contributed by atoms with Gasteiger partial charge in [-0.3, -0.25) is 9.69 Å². The van der Waals surface area contributed by atoms with E-state index in [-0.39, 0.29) is 5.91 Å². The molecule has 0 aliphatic rings. The first-order valence-corrected chi connectivity index (χ1v) is 7.82. The third-order valence-electron chi connectivity index (χ3n) is 3.27. The maximum Gasteiger partial charge on any atom is 0.239 e. The van der Waals surface area contributed by atoms with Crippen molar-refractivity contribution in [3.8, 4) is 5.69 Å². The lowest BCUT2D eigenvalue weighted by atomic mass is 10.3. The molecule has 0 aliphatic carbocycles. The first kappa shape index (κ1) is 16.8. The van der Waals surface area contributed by atoms with E-state index >= 15 is 0 Å². The second-order valence-corrected chi connectivity index (χ2v) is 5.59. The van der Waals surface area contributed by atoms with Crippen LogP contribution in [-0.4, -0.2) is 40.2 Å². The Morgan fingerprint density at radius 3 is 2.64 bits per heavy atom. The average Bonchev–Trinajstić information content (AvgIpc) is 2.92. The summed E-state index contributed by atoms with van der Waals surface area (Å²) < 4.78 is 1.60. The number of amides is 1. The Kier molecular flexibility index (Phi) is 5.83. The number of aromatic nitrogens is 2. The molecule has 2 rings (SSSR count). The molecular weight excluding hydrogens is 323 g/mol. The zero-order chi connectivity index (χ0) is 16.1. The first-order valence-electron chi connectivity index (χ1n) is 7.06. The summed E-state index contributed by atoms with van der Waals surface area (Å²) in [7, 11) is 0. The van der Waals surface area contributed by atoms with Crippen molar-refractivity contribution in [2.45, 2.75) is 13.8 Å². The second-order valence-electron chi connectivity index (χ2n) is 4.75. The van der Waals surface area contributed by atoms with E-state index in [9.17, 15) is 4.79 Å². The molecule has 1 heterocycles. The fourth-order valence-corrected chi connectivity index (χ4v) is 2.52. The number of hydrogen-bond acceptors (Lipinski definition) is 3. The topological polar surface area (TPSA) is 50.2 Å². The molecule has 7 heteroatoms. The second kappa shape index (κ2) is 7.63. The predicted molar refractivity (Wildman–Crippen MR) is 90.0 cm³/mol. The first-order chi connectivity index (χ1) is 10.5. The van der Waals surface area contributed by atoms with Crippen LogP contribution in [0.25, 0.3) is 5.69 Å². The van der Waals surface area contributed by atoms with Crippen LogP contribution in [0.3, 0.4) is 0 Å². The Bertz CT molecular complexity index is 653. The van der Waals surface area contributed by atoms with Crippen molar-refractivity contribution >= 4 is 34.9 Å². The SMILES string of the molecule is CCN(CC)CC(=O)Nc1ccn(-c2ccc(Cl)cc2Cl)n1. The molecule has 0 fully saturated rings. The van der Waals surface area contributed by atoms with Crippen LogP contribution in [0.1, 0.15) is 13.8 Å². The van der Waals surface area contributed by atoms with Gasteiger partial charge in [-0.15, -0.1) is 0 Å². The molecule has 1 aromatic heterocycles. The van der Waals surface area contributed by atoms with Gasteiger partial charge in [-0.1, -0.05) is 37.0 Å². The van der Waals surface area contributed by atoms with Gasteiger partial charge in [-0.25, -0.2) is 4.68 Å². The van der Waals surface area contributed by atoms with Crippen molar-refractivity contribution in [1.29, 1.82) is 0 Å². The van der Waals surface area contributed by atoms with Crippen LogP contribution in [0.5, 0.6) is 0 Å². The van der Waals surface area contributed by atoms with E-state index < -0.39 is 0 Å². The van der Waals surface area contributed by atoms with Gasteiger partial charge in [-0.05, 0) is 31.3 Å².